The Morgan fingerprint density at radius 3 is 2.90 bits per heavy atom. The third kappa shape index (κ3) is 2.54. The molecule has 0 spiro atoms. The van der Waals surface area contributed by atoms with Gasteiger partial charge >= 0.3 is 0 Å². The van der Waals surface area contributed by atoms with Crippen LogP contribution < -0.4 is 10.6 Å². The molecule has 0 aromatic carbocycles. The number of anilines is 2. The second-order valence-corrected chi connectivity index (χ2v) is 6.33. The molecular weight excluding hydrogens is 268 g/mol. The number of nitrogens with two attached hydrogens (primary N) is 1. The molecule has 2 aromatic heterocycles. The molecule has 0 bridgehead atoms. The summed E-state index contributed by atoms with van der Waals surface area (Å²) in [7, 11) is 2.01. The molecule has 5 heteroatoms. The standard InChI is InChI=1S/C15H22N4S/c1-3-4-13-14(16)15(18(2)17-13)19(12-5-6-12)9-11-7-8-20-10-11/h7-8,10,12H,3-6,9,16H2,1-2H3. The molecule has 3 rings (SSSR count). The maximum atomic E-state index is 6.36. The van der Waals surface area contributed by atoms with Gasteiger partial charge in [0.05, 0.1) is 11.4 Å². The van der Waals surface area contributed by atoms with Crippen LogP contribution in [0.1, 0.15) is 37.4 Å². The molecule has 4 nitrogen and oxygen atoms in total. The Balaban J connectivity index is 1.91. The molecule has 0 unspecified atom stereocenters. The maximum absolute atomic E-state index is 6.36. The summed E-state index contributed by atoms with van der Waals surface area (Å²) in [5.74, 6) is 1.10. The van der Waals surface area contributed by atoms with E-state index < -0.39 is 0 Å². The lowest BCUT2D eigenvalue weighted by Crippen LogP contribution is -2.27. The highest BCUT2D eigenvalue weighted by Gasteiger charge is 2.33. The normalized spacial score (nSPS) is 14.7. The van der Waals surface area contributed by atoms with Crippen LogP contribution >= 0.6 is 11.3 Å². The van der Waals surface area contributed by atoms with E-state index in [1.54, 1.807) is 11.3 Å². The summed E-state index contributed by atoms with van der Waals surface area (Å²) in [5.41, 5.74) is 9.64. The van der Waals surface area contributed by atoms with Crippen LogP contribution in [0.4, 0.5) is 11.5 Å². The molecule has 0 radical (unpaired) electrons. The molecule has 0 aliphatic heterocycles. The summed E-state index contributed by atoms with van der Waals surface area (Å²) in [4.78, 5) is 2.43. The minimum Gasteiger partial charge on any atom is -0.394 e. The molecule has 2 N–H and O–H groups in total. The van der Waals surface area contributed by atoms with Crippen molar-refractivity contribution in [3.8, 4) is 0 Å². The van der Waals surface area contributed by atoms with E-state index in [0.29, 0.717) is 6.04 Å². The summed E-state index contributed by atoms with van der Waals surface area (Å²) in [6.07, 6.45) is 4.56. The summed E-state index contributed by atoms with van der Waals surface area (Å²) >= 11 is 1.75. The van der Waals surface area contributed by atoms with Gasteiger partial charge in [0, 0.05) is 19.6 Å². The molecular formula is C15H22N4S. The number of nitrogens with zero attached hydrogens (tertiary/aromatic N) is 3. The highest BCUT2D eigenvalue weighted by atomic mass is 32.1. The second-order valence-electron chi connectivity index (χ2n) is 5.55. The van der Waals surface area contributed by atoms with Crippen molar-refractivity contribution in [3.63, 3.8) is 0 Å². The number of rotatable bonds is 6. The van der Waals surface area contributed by atoms with Gasteiger partial charge in [-0.25, -0.2) is 0 Å². The van der Waals surface area contributed by atoms with Gasteiger partial charge in [0.15, 0.2) is 5.82 Å². The van der Waals surface area contributed by atoms with Crippen molar-refractivity contribution in [2.45, 2.75) is 45.2 Å². The van der Waals surface area contributed by atoms with Gasteiger partial charge in [-0.2, -0.15) is 16.4 Å². The predicted octanol–water partition coefficient (Wildman–Crippen LogP) is 3.19. The van der Waals surface area contributed by atoms with Crippen LogP contribution in [0.25, 0.3) is 0 Å². The van der Waals surface area contributed by atoms with Crippen molar-refractivity contribution in [2.24, 2.45) is 7.05 Å². The molecule has 0 saturated heterocycles. The molecule has 1 fully saturated rings. The van der Waals surface area contributed by atoms with E-state index in [1.165, 1.54) is 18.4 Å². The van der Waals surface area contributed by atoms with Crippen molar-refractivity contribution in [1.29, 1.82) is 0 Å². The van der Waals surface area contributed by atoms with E-state index in [1.807, 2.05) is 11.7 Å². The fourth-order valence-electron chi connectivity index (χ4n) is 2.69. The first-order valence-corrected chi connectivity index (χ1v) is 8.24. The highest BCUT2D eigenvalue weighted by Crippen LogP contribution is 2.37. The first-order chi connectivity index (χ1) is 9.70. The Kier molecular flexibility index (Phi) is 3.70. The van der Waals surface area contributed by atoms with Gasteiger partial charge in [-0.3, -0.25) is 4.68 Å². The Labute approximate surface area is 124 Å². The third-order valence-electron chi connectivity index (χ3n) is 3.81. The van der Waals surface area contributed by atoms with E-state index in [2.05, 4.69) is 33.7 Å². The zero-order valence-electron chi connectivity index (χ0n) is 12.2. The number of thiophene rings is 1. The smallest absolute Gasteiger partial charge is 0.150 e. The highest BCUT2D eigenvalue weighted by molar-refractivity contribution is 7.07. The van der Waals surface area contributed by atoms with Crippen molar-refractivity contribution >= 4 is 22.8 Å². The fraction of sp³-hybridized carbons (Fsp3) is 0.533. The van der Waals surface area contributed by atoms with Gasteiger partial charge < -0.3 is 10.6 Å². The summed E-state index contributed by atoms with van der Waals surface area (Å²) in [6, 6.07) is 2.82. The third-order valence-corrected chi connectivity index (χ3v) is 4.54. The van der Waals surface area contributed by atoms with Crippen LogP contribution in [0.15, 0.2) is 16.8 Å². The van der Waals surface area contributed by atoms with E-state index in [0.717, 1.165) is 36.6 Å². The first-order valence-electron chi connectivity index (χ1n) is 7.29. The van der Waals surface area contributed by atoms with Crippen LogP contribution in [-0.2, 0) is 20.0 Å². The Morgan fingerprint density at radius 1 is 1.50 bits per heavy atom. The monoisotopic (exact) mass is 290 g/mol. The summed E-state index contributed by atoms with van der Waals surface area (Å²) < 4.78 is 1.96. The molecule has 0 amide bonds. The second kappa shape index (κ2) is 5.48. The molecule has 0 atom stereocenters. The average molecular weight is 290 g/mol. The Bertz CT molecular complexity index is 569. The number of aromatic nitrogens is 2. The van der Waals surface area contributed by atoms with Crippen molar-refractivity contribution in [2.75, 3.05) is 10.6 Å². The van der Waals surface area contributed by atoms with Crippen LogP contribution in [-0.4, -0.2) is 15.8 Å². The number of hydrogen-bond donors (Lipinski definition) is 1. The maximum Gasteiger partial charge on any atom is 0.150 e. The average Bonchev–Trinajstić information content (AvgIpc) is 3.07. The Hall–Kier alpha value is -1.49. The molecule has 2 aromatic rings. The van der Waals surface area contributed by atoms with Crippen LogP contribution in [0.2, 0.25) is 0 Å². The minimum atomic E-state index is 0.627. The molecule has 1 aliphatic rings. The number of aryl methyl sites for hydroxylation is 2. The van der Waals surface area contributed by atoms with E-state index >= 15 is 0 Å². The van der Waals surface area contributed by atoms with Crippen molar-refractivity contribution in [1.82, 2.24) is 9.78 Å². The lowest BCUT2D eigenvalue weighted by atomic mass is 10.2. The lowest BCUT2D eigenvalue weighted by molar-refractivity contribution is 0.685. The molecule has 1 saturated carbocycles. The molecule has 1 aliphatic carbocycles. The number of hydrogen-bond acceptors (Lipinski definition) is 4. The van der Waals surface area contributed by atoms with E-state index in [9.17, 15) is 0 Å². The topological polar surface area (TPSA) is 47.1 Å². The first kappa shape index (κ1) is 13.5. The van der Waals surface area contributed by atoms with Gasteiger partial charge in [0.2, 0.25) is 0 Å². The molecule has 2 heterocycles. The summed E-state index contributed by atoms with van der Waals surface area (Å²) in [5, 5.41) is 8.96. The van der Waals surface area contributed by atoms with Gasteiger partial charge in [0.25, 0.3) is 0 Å². The lowest BCUT2D eigenvalue weighted by Gasteiger charge is -2.24. The Morgan fingerprint density at radius 2 is 2.30 bits per heavy atom. The van der Waals surface area contributed by atoms with Crippen LogP contribution in [0, 0.1) is 0 Å². The van der Waals surface area contributed by atoms with E-state index in [-0.39, 0.29) is 0 Å². The zero-order valence-corrected chi connectivity index (χ0v) is 13.0. The van der Waals surface area contributed by atoms with Crippen molar-refractivity contribution in [3.05, 3.63) is 28.1 Å². The van der Waals surface area contributed by atoms with Gasteiger partial charge in [0.1, 0.15) is 0 Å². The molecule has 108 valence electrons. The van der Waals surface area contributed by atoms with Crippen LogP contribution in [0.5, 0.6) is 0 Å². The summed E-state index contributed by atoms with van der Waals surface area (Å²) in [6.45, 7) is 3.10. The number of nitrogen functional groups attached to an aromatic ring is 1. The zero-order chi connectivity index (χ0) is 14.1. The van der Waals surface area contributed by atoms with Gasteiger partial charge in [-0.05, 0) is 41.7 Å². The van der Waals surface area contributed by atoms with E-state index in [4.69, 9.17) is 5.73 Å². The van der Waals surface area contributed by atoms with Gasteiger partial charge in [-0.1, -0.05) is 13.3 Å². The fourth-order valence-corrected chi connectivity index (χ4v) is 3.35. The molecule has 20 heavy (non-hydrogen) atoms. The largest absolute Gasteiger partial charge is 0.394 e. The SMILES string of the molecule is CCCc1nn(C)c(N(Cc2ccsc2)C2CC2)c1N. The van der Waals surface area contributed by atoms with Crippen molar-refractivity contribution < 1.29 is 0 Å². The quantitative estimate of drug-likeness (QED) is 0.889. The predicted molar refractivity (Wildman–Crippen MR) is 85.1 cm³/mol. The van der Waals surface area contributed by atoms with Gasteiger partial charge in [-0.15, -0.1) is 0 Å². The minimum absolute atomic E-state index is 0.627. The van der Waals surface area contributed by atoms with Crippen LogP contribution in [0.3, 0.4) is 0 Å².